The van der Waals surface area contributed by atoms with Crippen molar-refractivity contribution in [2.45, 2.75) is 46.1 Å². The summed E-state index contributed by atoms with van der Waals surface area (Å²) in [5.74, 6) is -0.345. The number of aliphatic hydroxyl groups is 1. The van der Waals surface area contributed by atoms with E-state index in [0.717, 1.165) is 16.9 Å². The van der Waals surface area contributed by atoms with E-state index in [9.17, 15) is 14.7 Å². The second-order valence-electron chi connectivity index (χ2n) is 6.22. The zero-order valence-corrected chi connectivity index (χ0v) is 15.3. The lowest BCUT2D eigenvalue weighted by Gasteiger charge is -2.22. The van der Waals surface area contributed by atoms with E-state index in [2.05, 4.69) is 10.3 Å². The van der Waals surface area contributed by atoms with Gasteiger partial charge < -0.3 is 15.4 Å². The van der Waals surface area contributed by atoms with Gasteiger partial charge in [0.2, 0.25) is 0 Å². The summed E-state index contributed by atoms with van der Waals surface area (Å²) in [4.78, 5) is 28.3. The fraction of sp³-hybridized carbons (Fsp3) is 0.444. The molecule has 0 saturated heterocycles. The van der Waals surface area contributed by atoms with Crippen molar-refractivity contribution in [2.24, 2.45) is 0 Å². The first-order chi connectivity index (χ1) is 11.3. The van der Waals surface area contributed by atoms with Gasteiger partial charge in [-0.25, -0.2) is 0 Å². The third-order valence-electron chi connectivity index (χ3n) is 4.02. The number of H-pyrrole nitrogens is 1. The quantitative estimate of drug-likeness (QED) is 0.672. The molecule has 2 aromatic rings. The summed E-state index contributed by atoms with van der Waals surface area (Å²) in [6, 6.07) is 3.70. The van der Waals surface area contributed by atoms with E-state index in [0.29, 0.717) is 23.4 Å². The summed E-state index contributed by atoms with van der Waals surface area (Å²) in [7, 11) is 0. The first kappa shape index (κ1) is 18.4. The molecule has 2 heterocycles. The number of rotatable bonds is 7. The molecule has 130 valence electrons. The van der Waals surface area contributed by atoms with Crippen LogP contribution in [0.3, 0.4) is 0 Å². The van der Waals surface area contributed by atoms with Crippen molar-refractivity contribution in [3.05, 3.63) is 44.9 Å². The third kappa shape index (κ3) is 3.76. The molecule has 0 aliphatic carbocycles. The summed E-state index contributed by atoms with van der Waals surface area (Å²) >= 11 is 1.45. The van der Waals surface area contributed by atoms with Crippen molar-refractivity contribution < 1.29 is 14.7 Å². The molecule has 2 aromatic heterocycles. The number of aryl methyl sites for hydroxylation is 1. The summed E-state index contributed by atoms with van der Waals surface area (Å²) in [6.07, 6.45) is 1.49. The number of thiophene rings is 1. The molecule has 1 atom stereocenters. The minimum atomic E-state index is -1.13. The molecule has 6 heteroatoms. The van der Waals surface area contributed by atoms with E-state index in [-0.39, 0.29) is 18.2 Å². The fourth-order valence-electron chi connectivity index (χ4n) is 2.86. The Morgan fingerprint density at radius 2 is 2.12 bits per heavy atom. The highest BCUT2D eigenvalue weighted by molar-refractivity contribution is 7.10. The van der Waals surface area contributed by atoms with Crippen LogP contribution < -0.4 is 5.32 Å². The van der Waals surface area contributed by atoms with Gasteiger partial charge in [-0.1, -0.05) is 19.4 Å². The summed E-state index contributed by atoms with van der Waals surface area (Å²) in [5.41, 5.74) is 1.37. The molecular weight excluding hydrogens is 324 g/mol. The SMILES string of the molecule is CCCc1c(C(=O)NCC(C)(O)c2cccs2)[nH]c(C)c1C(C)=O. The van der Waals surface area contributed by atoms with E-state index >= 15 is 0 Å². The maximum atomic E-state index is 12.6. The van der Waals surface area contributed by atoms with Crippen molar-refractivity contribution >= 4 is 23.0 Å². The van der Waals surface area contributed by atoms with Crippen molar-refractivity contribution in [1.82, 2.24) is 10.3 Å². The maximum absolute atomic E-state index is 12.6. The average molecular weight is 348 g/mol. The van der Waals surface area contributed by atoms with Crippen LogP contribution in [-0.2, 0) is 12.0 Å². The fourth-order valence-corrected chi connectivity index (χ4v) is 3.65. The zero-order valence-electron chi connectivity index (χ0n) is 14.5. The van der Waals surface area contributed by atoms with Crippen LogP contribution in [0.2, 0.25) is 0 Å². The summed E-state index contributed by atoms with van der Waals surface area (Å²) in [6.45, 7) is 7.10. The Morgan fingerprint density at radius 3 is 2.67 bits per heavy atom. The number of aromatic nitrogens is 1. The van der Waals surface area contributed by atoms with Crippen LogP contribution in [0, 0.1) is 6.92 Å². The largest absolute Gasteiger partial charge is 0.383 e. The normalized spacial score (nSPS) is 13.5. The Labute approximate surface area is 146 Å². The van der Waals surface area contributed by atoms with Gasteiger partial charge in [-0.3, -0.25) is 9.59 Å². The molecule has 0 fully saturated rings. The number of carbonyl (C=O) groups excluding carboxylic acids is 2. The first-order valence-electron chi connectivity index (χ1n) is 8.04. The standard InChI is InChI=1S/C18H24N2O3S/c1-5-7-13-15(12(3)21)11(2)20-16(13)17(22)19-10-18(4,23)14-8-6-9-24-14/h6,8-9,20,23H,5,7,10H2,1-4H3,(H,19,22). The zero-order chi connectivity index (χ0) is 17.9. The van der Waals surface area contributed by atoms with Gasteiger partial charge in [-0.2, -0.15) is 0 Å². The second kappa shape index (κ2) is 7.32. The predicted molar refractivity (Wildman–Crippen MR) is 95.8 cm³/mol. The number of ketones is 1. The monoisotopic (exact) mass is 348 g/mol. The Kier molecular flexibility index (Phi) is 5.62. The second-order valence-corrected chi connectivity index (χ2v) is 7.17. The van der Waals surface area contributed by atoms with Gasteiger partial charge in [-0.15, -0.1) is 11.3 Å². The van der Waals surface area contributed by atoms with Crippen LogP contribution in [0.4, 0.5) is 0 Å². The Hall–Kier alpha value is -1.92. The highest BCUT2D eigenvalue weighted by Gasteiger charge is 2.27. The predicted octanol–water partition coefficient (Wildman–Crippen LogP) is 3.18. The Morgan fingerprint density at radius 1 is 1.42 bits per heavy atom. The molecule has 1 unspecified atom stereocenters. The van der Waals surface area contributed by atoms with Crippen LogP contribution in [0.25, 0.3) is 0 Å². The summed E-state index contributed by atoms with van der Waals surface area (Å²) < 4.78 is 0. The molecule has 0 aliphatic heterocycles. The molecule has 0 spiro atoms. The van der Waals surface area contributed by atoms with Crippen molar-refractivity contribution in [3.63, 3.8) is 0 Å². The molecule has 0 aromatic carbocycles. The van der Waals surface area contributed by atoms with E-state index in [4.69, 9.17) is 0 Å². The summed E-state index contributed by atoms with van der Waals surface area (Å²) in [5, 5.41) is 15.2. The van der Waals surface area contributed by atoms with Crippen LogP contribution in [0.1, 0.15) is 64.2 Å². The van der Waals surface area contributed by atoms with Crippen LogP contribution in [0.15, 0.2) is 17.5 Å². The Bertz CT molecular complexity index is 730. The lowest BCUT2D eigenvalue weighted by molar-refractivity contribution is 0.0555. The van der Waals surface area contributed by atoms with Crippen molar-refractivity contribution in [1.29, 1.82) is 0 Å². The third-order valence-corrected chi connectivity index (χ3v) is 5.14. The molecule has 5 nitrogen and oxygen atoms in total. The number of hydrogen-bond donors (Lipinski definition) is 3. The van der Waals surface area contributed by atoms with Gasteiger partial charge in [0.05, 0.1) is 6.54 Å². The lowest BCUT2D eigenvalue weighted by atomic mass is 10.0. The van der Waals surface area contributed by atoms with Gasteiger partial charge in [0.15, 0.2) is 5.78 Å². The highest BCUT2D eigenvalue weighted by Crippen LogP contribution is 2.25. The number of nitrogens with one attached hydrogen (secondary N) is 2. The molecule has 0 aliphatic rings. The molecule has 2 rings (SSSR count). The van der Waals surface area contributed by atoms with Gasteiger partial charge in [0.25, 0.3) is 5.91 Å². The maximum Gasteiger partial charge on any atom is 0.268 e. The van der Waals surface area contributed by atoms with E-state index < -0.39 is 5.60 Å². The smallest absolute Gasteiger partial charge is 0.268 e. The molecule has 1 amide bonds. The number of hydrogen-bond acceptors (Lipinski definition) is 4. The number of Topliss-reactive ketones (excluding diaryl/α,β-unsaturated/α-hetero) is 1. The first-order valence-corrected chi connectivity index (χ1v) is 8.92. The van der Waals surface area contributed by atoms with Gasteiger partial charge >= 0.3 is 0 Å². The number of amides is 1. The molecule has 0 radical (unpaired) electrons. The molecule has 0 bridgehead atoms. The molecule has 24 heavy (non-hydrogen) atoms. The minimum Gasteiger partial charge on any atom is -0.383 e. The van der Waals surface area contributed by atoms with Crippen molar-refractivity contribution in [3.8, 4) is 0 Å². The minimum absolute atomic E-state index is 0.0446. The van der Waals surface area contributed by atoms with Crippen LogP contribution >= 0.6 is 11.3 Å². The van der Waals surface area contributed by atoms with E-state index in [1.165, 1.54) is 18.3 Å². The van der Waals surface area contributed by atoms with E-state index in [1.54, 1.807) is 13.8 Å². The van der Waals surface area contributed by atoms with Crippen LogP contribution in [-0.4, -0.2) is 28.3 Å². The van der Waals surface area contributed by atoms with Crippen molar-refractivity contribution in [2.75, 3.05) is 6.54 Å². The van der Waals surface area contributed by atoms with Gasteiger partial charge in [0.1, 0.15) is 11.3 Å². The highest BCUT2D eigenvalue weighted by atomic mass is 32.1. The van der Waals surface area contributed by atoms with Gasteiger partial charge in [0, 0.05) is 16.1 Å². The number of carbonyl (C=O) groups is 2. The van der Waals surface area contributed by atoms with E-state index in [1.807, 2.05) is 24.4 Å². The molecule has 3 N–H and O–H groups in total. The average Bonchev–Trinajstić information content (AvgIpc) is 3.14. The lowest BCUT2D eigenvalue weighted by Crippen LogP contribution is -2.38. The Balaban J connectivity index is 2.21. The topological polar surface area (TPSA) is 82.2 Å². The number of aromatic amines is 1. The van der Waals surface area contributed by atoms with Gasteiger partial charge in [-0.05, 0) is 44.2 Å². The van der Waals surface area contributed by atoms with Crippen LogP contribution in [0.5, 0.6) is 0 Å². The molecule has 0 saturated carbocycles. The molecular formula is C18H24N2O3S.